The first kappa shape index (κ1) is 11.3. The molecular weight excluding hydrogens is 240 g/mol. The summed E-state index contributed by atoms with van der Waals surface area (Å²) < 4.78 is 33.9. The summed E-state index contributed by atoms with van der Waals surface area (Å²) in [7, 11) is 0. The summed E-state index contributed by atoms with van der Waals surface area (Å²) in [5, 5.41) is 3.98. The number of halogens is 2. The van der Waals surface area contributed by atoms with Crippen LogP contribution in [-0.4, -0.2) is 20.9 Å². The van der Waals surface area contributed by atoms with Crippen LogP contribution in [0.4, 0.5) is 8.78 Å². The molecule has 0 aliphatic carbocycles. The third kappa shape index (κ3) is 1.69. The molecule has 0 spiro atoms. The highest BCUT2D eigenvalue weighted by molar-refractivity contribution is 5.30. The molecule has 4 nitrogen and oxygen atoms in total. The lowest BCUT2D eigenvalue weighted by Crippen LogP contribution is -2.22. The van der Waals surface area contributed by atoms with Crippen LogP contribution in [-0.2, 0) is 16.9 Å². The Morgan fingerprint density at radius 1 is 1.44 bits per heavy atom. The molecule has 2 atom stereocenters. The van der Waals surface area contributed by atoms with E-state index in [9.17, 15) is 8.78 Å². The molecule has 1 aromatic carbocycles. The Hall–Kier alpha value is -1.82. The summed E-state index contributed by atoms with van der Waals surface area (Å²) in [4.78, 5) is 3.83. The molecule has 0 bridgehead atoms. The summed E-state index contributed by atoms with van der Waals surface area (Å²) >= 11 is 0. The fraction of sp³-hybridized carbons (Fsp3) is 0.333. The predicted octanol–water partition coefficient (Wildman–Crippen LogP) is 1.87. The molecule has 94 valence electrons. The molecule has 1 unspecified atom stereocenters. The van der Waals surface area contributed by atoms with E-state index in [2.05, 4.69) is 10.1 Å². The molecule has 1 aromatic heterocycles. The van der Waals surface area contributed by atoms with Gasteiger partial charge in [0.05, 0.1) is 12.6 Å². The molecule has 1 aliphatic rings. The Bertz CT molecular complexity index is 573. The number of ether oxygens (including phenoxy) is 1. The van der Waals surface area contributed by atoms with E-state index >= 15 is 0 Å². The van der Waals surface area contributed by atoms with Gasteiger partial charge < -0.3 is 4.74 Å². The maximum atomic E-state index is 13.8. The molecule has 2 aromatic rings. The highest BCUT2D eigenvalue weighted by Gasteiger charge is 2.56. The fourth-order valence-corrected chi connectivity index (χ4v) is 2.20. The van der Waals surface area contributed by atoms with E-state index in [1.807, 2.05) is 6.92 Å². The average Bonchev–Trinajstić information content (AvgIpc) is 2.75. The quantitative estimate of drug-likeness (QED) is 0.782. The SMILES string of the molecule is CC1O[C@@]1(Cn1cncn1)c1ccc(F)cc1F. The number of hydrogen-bond donors (Lipinski definition) is 0. The van der Waals surface area contributed by atoms with Crippen molar-refractivity contribution < 1.29 is 13.5 Å². The molecule has 0 saturated carbocycles. The van der Waals surface area contributed by atoms with E-state index in [-0.39, 0.29) is 6.10 Å². The van der Waals surface area contributed by atoms with Crippen molar-refractivity contribution in [1.29, 1.82) is 0 Å². The van der Waals surface area contributed by atoms with Gasteiger partial charge in [0.15, 0.2) is 0 Å². The van der Waals surface area contributed by atoms with Gasteiger partial charge in [-0.25, -0.2) is 18.4 Å². The molecule has 1 fully saturated rings. The van der Waals surface area contributed by atoms with Gasteiger partial charge in [0.2, 0.25) is 0 Å². The lowest BCUT2D eigenvalue weighted by molar-refractivity contribution is 0.257. The maximum Gasteiger partial charge on any atom is 0.142 e. The van der Waals surface area contributed by atoms with Crippen molar-refractivity contribution in [1.82, 2.24) is 14.8 Å². The van der Waals surface area contributed by atoms with E-state index in [1.165, 1.54) is 24.8 Å². The number of epoxide rings is 1. The normalized spacial score (nSPS) is 26.3. The zero-order valence-electron chi connectivity index (χ0n) is 9.68. The second-order valence-corrected chi connectivity index (χ2v) is 4.37. The van der Waals surface area contributed by atoms with Crippen molar-refractivity contribution in [2.75, 3.05) is 0 Å². The van der Waals surface area contributed by atoms with Crippen molar-refractivity contribution in [3.8, 4) is 0 Å². The first-order valence-electron chi connectivity index (χ1n) is 5.57. The molecule has 6 heteroatoms. The highest BCUT2D eigenvalue weighted by atomic mass is 19.1. The third-order valence-electron chi connectivity index (χ3n) is 3.24. The van der Waals surface area contributed by atoms with Gasteiger partial charge in [-0.05, 0) is 13.0 Å². The van der Waals surface area contributed by atoms with Crippen LogP contribution < -0.4 is 0 Å². The summed E-state index contributed by atoms with van der Waals surface area (Å²) in [5.74, 6) is -1.19. The van der Waals surface area contributed by atoms with Gasteiger partial charge in [0.1, 0.15) is 29.9 Å². The van der Waals surface area contributed by atoms with Crippen LogP contribution in [0.25, 0.3) is 0 Å². The Kier molecular flexibility index (Phi) is 2.41. The summed E-state index contributed by atoms with van der Waals surface area (Å²) in [6, 6.07) is 3.52. The predicted molar refractivity (Wildman–Crippen MR) is 58.6 cm³/mol. The molecular formula is C12H11F2N3O. The first-order chi connectivity index (χ1) is 8.62. The highest BCUT2D eigenvalue weighted by Crippen LogP contribution is 2.48. The van der Waals surface area contributed by atoms with Crippen LogP contribution in [0.1, 0.15) is 12.5 Å². The van der Waals surface area contributed by atoms with Gasteiger partial charge in [-0.3, -0.25) is 0 Å². The van der Waals surface area contributed by atoms with Gasteiger partial charge in [-0.1, -0.05) is 6.07 Å². The molecule has 1 saturated heterocycles. The van der Waals surface area contributed by atoms with E-state index in [0.29, 0.717) is 12.1 Å². The van der Waals surface area contributed by atoms with Crippen LogP contribution in [0.2, 0.25) is 0 Å². The standard InChI is InChI=1S/C12H11F2N3O/c1-8-12(18-8,5-17-7-15-6-16-17)10-3-2-9(13)4-11(10)14/h2-4,6-8H,5H2,1H3/t8?,12-/m1/s1. The molecule has 0 amide bonds. The zero-order valence-corrected chi connectivity index (χ0v) is 9.68. The smallest absolute Gasteiger partial charge is 0.142 e. The molecule has 2 heterocycles. The minimum Gasteiger partial charge on any atom is -0.359 e. The number of benzene rings is 1. The van der Waals surface area contributed by atoms with Gasteiger partial charge in [-0.2, -0.15) is 5.10 Å². The third-order valence-corrected chi connectivity index (χ3v) is 3.24. The van der Waals surface area contributed by atoms with Gasteiger partial charge in [-0.15, -0.1) is 0 Å². The zero-order chi connectivity index (χ0) is 12.8. The summed E-state index contributed by atoms with van der Waals surface area (Å²) in [5.41, 5.74) is -0.419. The molecule has 0 radical (unpaired) electrons. The lowest BCUT2D eigenvalue weighted by Gasteiger charge is -2.13. The topological polar surface area (TPSA) is 43.2 Å². The monoisotopic (exact) mass is 251 g/mol. The van der Waals surface area contributed by atoms with Crippen LogP contribution >= 0.6 is 0 Å². The summed E-state index contributed by atoms with van der Waals surface area (Å²) in [6.45, 7) is 2.20. The second-order valence-electron chi connectivity index (χ2n) is 4.37. The fourth-order valence-electron chi connectivity index (χ4n) is 2.20. The van der Waals surface area contributed by atoms with Gasteiger partial charge >= 0.3 is 0 Å². The van der Waals surface area contributed by atoms with E-state index in [1.54, 1.807) is 4.68 Å². The van der Waals surface area contributed by atoms with Crippen molar-refractivity contribution in [3.05, 3.63) is 48.1 Å². The van der Waals surface area contributed by atoms with Crippen LogP contribution in [0.3, 0.4) is 0 Å². The minimum atomic E-state index is -0.772. The molecule has 0 N–H and O–H groups in total. The van der Waals surface area contributed by atoms with Crippen molar-refractivity contribution in [2.45, 2.75) is 25.2 Å². The lowest BCUT2D eigenvalue weighted by atomic mass is 9.95. The minimum absolute atomic E-state index is 0.137. The van der Waals surface area contributed by atoms with Crippen molar-refractivity contribution in [2.24, 2.45) is 0 Å². The van der Waals surface area contributed by atoms with Gasteiger partial charge in [0.25, 0.3) is 0 Å². The maximum absolute atomic E-state index is 13.8. The van der Waals surface area contributed by atoms with Crippen LogP contribution in [0.15, 0.2) is 30.9 Å². The second kappa shape index (κ2) is 3.84. The average molecular weight is 251 g/mol. The number of rotatable bonds is 3. The van der Waals surface area contributed by atoms with Crippen LogP contribution in [0.5, 0.6) is 0 Å². The Balaban J connectivity index is 1.97. The largest absolute Gasteiger partial charge is 0.359 e. The van der Waals surface area contributed by atoms with E-state index < -0.39 is 17.2 Å². The van der Waals surface area contributed by atoms with E-state index in [0.717, 1.165) is 6.07 Å². The van der Waals surface area contributed by atoms with Crippen LogP contribution in [0, 0.1) is 11.6 Å². The Labute approximate surface area is 102 Å². The Morgan fingerprint density at radius 3 is 2.78 bits per heavy atom. The van der Waals surface area contributed by atoms with Crippen molar-refractivity contribution >= 4 is 0 Å². The molecule has 1 aliphatic heterocycles. The number of nitrogens with zero attached hydrogens (tertiary/aromatic N) is 3. The molecule has 3 rings (SSSR count). The number of hydrogen-bond acceptors (Lipinski definition) is 3. The van der Waals surface area contributed by atoms with Gasteiger partial charge in [0, 0.05) is 11.6 Å². The molecule has 18 heavy (non-hydrogen) atoms. The number of aromatic nitrogens is 3. The van der Waals surface area contributed by atoms with E-state index in [4.69, 9.17) is 4.74 Å². The summed E-state index contributed by atoms with van der Waals surface area (Å²) in [6.07, 6.45) is 2.81. The first-order valence-corrected chi connectivity index (χ1v) is 5.57. The van der Waals surface area contributed by atoms with Crippen molar-refractivity contribution in [3.63, 3.8) is 0 Å². The Morgan fingerprint density at radius 2 is 2.22 bits per heavy atom.